The van der Waals surface area contributed by atoms with Gasteiger partial charge < -0.3 is 4.74 Å². The second-order valence-electron chi connectivity index (χ2n) is 6.05. The van der Waals surface area contributed by atoms with Crippen LogP contribution >= 0.6 is 11.3 Å². The van der Waals surface area contributed by atoms with Crippen LogP contribution in [-0.2, 0) is 19.1 Å². The lowest BCUT2D eigenvalue weighted by Crippen LogP contribution is -2.36. The third kappa shape index (κ3) is 4.00. The minimum atomic E-state index is -0.803. The molecular weight excluding hydrogens is 372 g/mol. The van der Waals surface area contributed by atoms with Gasteiger partial charge in [0.05, 0.1) is 11.3 Å². The molecule has 140 valence electrons. The van der Waals surface area contributed by atoms with E-state index in [1.54, 1.807) is 18.2 Å². The van der Waals surface area contributed by atoms with Crippen molar-refractivity contribution in [3.63, 3.8) is 0 Å². The van der Waals surface area contributed by atoms with Crippen LogP contribution < -0.4 is 10.2 Å². The molecule has 1 aliphatic heterocycles. The summed E-state index contributed by atoms with van der Waals surface area (Å²) >= 11 is 1.24. The number of carbonyl (C=O) groups is 4. The van der Waals surface area contributed by atoms with E-state index in [4.69, 9.17) is 4.74 Å². The molecule has 2 aromatic rings. The Bertz CT molecular complexity index is 924. The van der Waals surface area contributed by atoms with Gasteiger partial charge in [-0.2, -0.15) is 0 Å². The van der Waals surface area contributed by atoms with Crippen molar-refractivity contribution >= 4 is 45.7 Å². The highest BCUT2D eigenvalue weighted by Gasteiger charge is 2.36. The van der Waals surface area contributed by atoms with Crippen LogP contribution in [0.2, 0.25) is 0 Å². The molecule has 0 saturated carbocycles. The summed E-state index contributed by atoms with van der Waals surface area (Å²) in [5.74, 6) is -2.65. The second-order valence-corrected chi connectivity index (χ2v) is 7.06. The van der Waals surface area contributed by atoms with Crippen LogP contribution in [-0.4, -0.2) is 46.9 Å². The normalized spacial score (nSPS) is 13.1. The van der Waals surface area contributed by atoms with Gasteiger partial charge in [0.2, 0.25) is 5.13 Å². The summed E-state index contributed by atoms with van der Waals surface area (Å²) < 4.78 is 4.89. The highest BCUT2D eigenvalue weighted by atomic mass is 32.1. The summed E-state index contributed by atoms with van der Waals surface area (Å²) in [4.78, 5) is 48.8. The Kier molecular flexibility index (Phi) is 5.26. The van der Waals surface area contributed by atoms with Crippen LogP contribution in [0.3, 0.4) is 0 Å². The second kappa shape index (κ2) is 7.62. The smallest absolute Gasteiger partial charge is 0.326 e. The van der Waals surface area contributed by atoms with Gasteiger partial charge in [-0.15, -0.1) is 10.2 Å². The first-order chi connectivity index (χ1) is 12.9. The third-order valence-electron chi connectivity index (χ3n) is 3.71. The fraction of sp³-hybridized carbons (Fsp3) is 0.294. The van der Waals surface area contributed by atoms with Crippen LogP contribution in [0.5, 0.6) is 0 Å². The summed E-state index contributed by atoms with van der Waals surface area (Å²) in [6.45, 7) is 2.92. The molecule has 0 atom stereocenters. The summed E-state index contributed by atoms with van der Waals surface area (Å²) in [7, 11) is 0. The van der Waals surface area contributed by atoms with E-state index < -0.39 is 36.7 Å². The molecule has 1 aromatic heterocycles. The quantitative estimate of drug-likeness (QED) is 0.586. The molecule has 9 nitrogen and oxygen atoms in total. The Morgan fingerprint density at radius 3 is 2.67 bits per heavy atom. The van der Waals surface area contributed by atoms with E-state index in [0.29, 0.717) is 10.8 Å². The molecule has 0 fully saturated rings. The predicted molar refractivity (Wildman–Crippen MR) is 96.7 cm³/mol. The highest BCUT2D eigenvalue weighted by molar-refractivity contribution is 7.15. The number of para-hydroxylation sites is 1. The summed E-state index contributed by atoms with van der Waals surface area (Å²) in [6, 6.07) is 6.38. The van der Waals surface area contributed by atoms with Crippen LogP contribution in [0, 0.1) is 0 Å². The summed E-state index contributed by atoms with van der Waals surface area (Å²) in [5.41, 5.74) is 0.592. The van der Waals surface area contributed by atoms with Gasteiger partial charge in [0, 0.05) is 5.92 Å². The predicted octanol–water partition coefficient (Wildman–Crippen LogP) is 1.37. The number of hydrogen-bond acceptors (Lipinski definition) is 8. The Morgan fingerprint density at radius 1 is 1.22 bits per heavy atom. The topological polar surface area (TPSA) is 119 Å². The molecule has 3 rings (SSSR count). The first kappa shape index (κ1) is 18.6. The number of fused-ring (bicyclic) bond motifs is 1. The van der Waals surface area contributed by atoms with Gasteiger partial charge in [0.15, 0.2) is 6.61 Å². The van der Waals surface area contributed by atoms with Gasteiger partial charge in [-0.3, -0.25) is 29.4 Å². The highest BCUT2D eigenvalue weighted by Crippen LogP contribution is 2.28. The Hall–Kier alpha value is -3.14. The first-order valence-corrected chi connectivity index (χ1v) is 8.92. The molecule has 27 heavy (non-hydrogen) atoms. The Balaban J connectivity index is 1.53. The van der Waals surface area contributed by atoms with E-state index in [2.05, 4.69) is 15.5 Å². The van der Waals surface area contributed by atoms with Crippen molar-refractivity contribution in [3.8, 4) is 0 Å². The van der Waals surface area contributed by atoms with Crippen molar-refractivity contribution in [1.29, 1.82) is 0 Å². The average molecular weight is 388 g/mol. The number of nitrogens with one attached hydrogen (secondary N) is 1. The van der Waals surface area contributed by atoms with Gasteiger partial charge in [-0.05, 0) is 12.1 Å². The lowest BCUT2D eigenvalue weighted by Gasteiger charge is -2.15. The number of benzene rings is 1. The maximum absolute atomic E-state index is 12.0. The molecule has 1 N–H and O–H groups in total. The number of ether oxygens (including phenoxy) is 1. The van der Waals surface area contributed by atoms with Crippen LogP contribution in [0.25, 0.3) is 0 Å². The molecule has 0 unspecified atom stereocenters. The number of esters is 1. The van der Waals surface area contributed by atoms with E-state index in [9.17, 15) is 19.2 Å². The fourth-order valence-electron chi connectivity index (χ4n) is 2.40. The fourth-order valence-corrected chi connectivity index (χ4v) is 3.16. The zero-order valence-electron chi connectivity index (χ0n) is 14.6. The number of hydrogen-bond donors (Lipinski definition) is 1. The SMILES string of the molecule is CC(C)c1nnc(NC(=O)COC(=O)CN2C(=O)C(=O)c3ccccc32)s1. The van der Waals surface area contributed by atoms with E-state index in [-0.39, 0.29) is 11.5 Å². The molecule has 0 spiro atoms. The van der Waals surface area contributed by atoms with Crippen molar-refractivity contribution < 1.29 is 23.9 Å². The zero-order valence-corrected chi connectivity index (χ0v) is 15.4. The molecular formula is C17H16N4O5S. The molecule has 1 aliphatic rings. The lowest BCUT2D eigenvalue weighted by molar-refractivity contribution is -0.146. The van der Waals surface area contributed by atoms with Crippen molar-refractivity contribution in [2.24, 2.45) is 0 Å². The monoisotopic (exact) mass is 388 g/mol. The number of amides is 2. The molecule has 0 bridgehead atoms. The molecule has 0 radical (unpaired) electrons. The van der Waals surface area contributed by atoms with E-state index in [1.807, 2.05) is 13.8 Å². The van der Waals surface area contributed by atoms with Gasteiger partial charge in [0.1, 0.15) is 11.6 Å². The van der Waals surface area contributed by atoms with Gasteiger partial charge >= 0.3 is 5.97 Å². The summed E-state index contributed by atoms with van der Waals surface area (Å²) in [5, 5.41) is 11.4. The van der Waals surface area contributed by atoms with Crippen LogP contribution in [0.15, 0.2) is 24.3 Å². The number of carbonyl (C=O) groups excluding carboxylic acids is 4. The van der Waals surface area contributed by atoms with Crippen molar-refractivity contribution in [3.05, 3.63) is 34.8 Å². The number of rotatable bonds is 6. The molecule has 2 heterocycles. The maximum atomic E-state index is 12.0. The molecule has 2 amide bonds. The van der Waals surface area contributed by atoms with E-state index in [1.165, 1.54) is 17.4 Å². The standard InChI is InChI=1S/C17H16N4O5S/c1-9(2)15-19-20-17(27-15)18-12(22)8-26-13(23)7-21-11-6-4-3-5-10(11)14(24)16(21)25/h3-6,9H,7-8H2,1-2H3,(H,18,20,22). The van der Waals surface area contributed by atoms with Gasteiger partial charge in [0.25, 0.3) is 17.6 Å². The number of aromatic nitrogens is 2. The number of anilines is 2. The zero-order chi connectivity index (χ0) is 19.6. The van der Waals surface area contributed by atoms with Crippen molar-refractivity contribution in [2.45, 2.75) is 19.8 Å². The van der Waals surface area contributed by atoms with Crippen LogP contribution in [0.1, 0.15) is 35.1 Å². The van der Waals surface area contributed by atoms with Crippen molar-refractivity contribution in [1.82, 2.24) is 10.2 Å². The number of ketones is 1. The molecule has 0 aliphatic carbocycles. The van der Waals surface area contributed by atoms with Gasteiger partial charge in [-0.25, -0.2) is 0 Å². The average Bonchev–Trinajstić information content (AvgIpc) is 3.20. The minimum Gasteiger partial charge on any atom is -0.454 e. The van der Waals surface area contributed by atoms with E-state index >= 15 is 0 Å². The van der Waals surface area contributed by atoms with Gasteiger partial charge in [-0.1, -0.05) is 37.3 Å². The van der Waals surface area contributed by atoms with Crippen LogP contribution in [0.4, 0.5) is 10.8 Å². The minimum absolute atomic E-state index is 0.189. The lowest BCUT2D eigenvalue weighted by atomic mass is 10.1. The summed E-state index contributed by atoms with van der Waals surface area (Å²) in [6.07, 6.45) is 0. The molecule has 10 heteroatoms. The largest absolute Gasteiger partial charge is 0.454 e. The van der Waals surface area contributed by atoms with Crippen molar-refractivity contribution in [2.75, 3.05) is 23.4 Å². The Morgan fingerprint density at radius 2 is 1.96 bits per heavy atom. The van der Waals surface area contributed by atoms with E-state index in [0.717, 1.165) is 9.91 Å². The Labute approximate surface area is 158 Å². The first-order valence-electron chi connectivity index (χ1n) is 8.11. The molecule has 0 saturated heterocycles. The number of nitrogens with zero attached hydrogens (tertiary/aromatic N) is 3. The number of Topliss-reactive ketones (excluding diaryl/α,β-unsaturated/α-hetero) is 1. The third-order valence-corrected chi connectivity index (χ3v) is 4.85. The maximum Gasteiger partial charge on any atom is 0.326 e. The molecule has 1 aromatic carbocycles.